The van der Waals surface area contributed by atoms with Crippen molar-refractivity contribution in [3.63, 3.8) is 0 Å². The van der Waals surface area contributed by atoms with Crippen molar-refractivity contribution in [1.82, 2.24) is 19.4 Å². The number of aryl methyl sites for hydroxylation is 1. The first-order valence-electron chi connectivity index (χ1n) is 7.95. The van der Waals surface area contributed by atoms with E-state index in [9.17, 15) is 9.59 Å². The summed E-state index contributed by atoms with van der Waals surface area (Å²) in [4.78, 5) is 31.6. The zero-order valence-electron chi connectivity index (χ0n) is 13.4. The molecule has 122 valence electrons. The Morgan fingerprint density at radius 1 is 1.13 bits per heavy atom. The number of aromatic amines is 1. The minimum Gasteiger partial charge on any atom is -0.365 e. The number of H-pyrrole nitrogens is 1. The predicted octanol–water partition coefficient (Wildman–Crippen LogP) is 1.27. The normalized spacial score (nSPS) is 15.5. The van der Waals surface area contributed by atoms with Gasteiger partial charge < -0.3 is 19.4 Å². The SMILES string of the molecule is Cn1ccc(C(=O)N2CCCN(C(=O)Cc3ccc[nH]3)CC2)c1. The standard InChI is InChI=1S/C17H22N4O2/c1-19-9-5-14(13-19)17(23)21-8-3-7-20(10-11-21)16(22)12-15-4-2-6-18-15/h2,4-6,9,13,18H,3,7-8,10-12H2,1H3. The molecule has 1 N–H and O–H groups in total. The molecule has 0 radical (unpaired) electrons. The van der Waals surface area contributed by atoms with Gasteiger partial charge in [-0.3, -0.25) is 9.59 Å². The van der Waals surface area contributed by atoms with Crippen molar-refractivity contribution in [2.45, 2.75) is 12.8 Å². The van der Waals surface area contributed by atoms with Crippen LogP contribution in [0.5, 0.6) is 0 Å². The second-order valence-corrected chi connectivity index (χ2v) is 5.96. The fourth-order valence-electron chi connectivity index (χ4n) is 2.93. The summed E-state index contributed by atoms with van der Waals surface area (Å²) in [7, 11) is 1.90. The summed E-state index contributed by atoms with van der Waals surface area (Å²) < 4.78 is 1.87. The zero-order chi connectivity index (χ0) is 16.2. The lowest BCUT2D eigenvalue weighted by Gasteiger charge is -2.22. The number of hydrogen-bond acceptors (Lipinski definition) is 2. The maximum absolute atomic E-state index is 12.5. The number of aromatic nitrogens is 2. The Labute approximate surface area is 135 Å². The first-order chi connectivity index (χ1) is 11.1. The van der Waals surface area contributed by atoms with Gasteiger partial charge in [-0.25, -0.2) is 0 Å². The number of carbonyl (C=O) groups is 2. The molecule has 0 aliphatic carbocycles. The van der Waals surface area contributed by atoms with Gasteiger partial charge in [-0.1, -0.05) is 0 Å². The molecule has 2 aromatic rings. The number of carbonyl (C=O) groups excluding carboxylic acids is 2. The van der Waals surface area contributed by atoms with Crippen LogP contribution in [0.15, 0.2) is 36.8 Å². The van der Waals surface area contributed by atoms with E-state index in [4.69, 9.17) is 0 Å². The largest absolute Gasteiger partial charge is 0.365 e. The minimum absolute atomic E-state index is 0.0456. The summed E-state index contributed by atoms with van der Waals surface area (Å²) in [6.07, 6.45) is 6.73. The number of nitrogens with one attached hydrogen (secondary N) is 1. The molecular formula is C17H22N4O2. The molecule has 0 atom stereocenters. The Morgan fingerprint density at radius 2 is 1.91 bits per heavy atom. The number of nitrogens with zero attached hydrogens (tertiary/aromatic N) is 3. The molecule has 3 rings (SSSR count). The lowest BCUT2D eigenvalue weighted by molar-refractivity contribution is -0.130. The summed E-state index contributed by atoms with van der Waals surface area (Å²) in [5, 5.41) is 0. The van der Waals surface area contributed by atoms with E-state index in [2.05, 4.69) is 4.98 Å². The molecule has 1 fully saturated rings. The average molecular weight is 314 g/mol. The van der Waals surface area contributed by atoms with Gasteiger partial charge in [-0.05, 0) is 24.6 Å². The van der Waals surface area contributed by atoms with E-state index >= 15 is 0 Å². The second kappa shape index (κ2) is 6.73. The third kappa shape index (κ3) is 3.64. The van der Waals surface area contributed by atoms with Crippen molar-refractivity contribution in [3.8, 4) is 0 Å². The van der Waals surface area contributed by atoms with Crippen molar-refractivity contribution in [1.29, 1.82) is 0 Å². The van der Waals surface area contributed by atoms with Gasteiger partial charge >= 0.3 is 0 Å². The summed E-state index contributed by atoms with van der Waals surface area (Å²) in [6, 6.07) is 5.65. The molecule has 0 bridgehead atoms. The van der Waals surface area contributed by atoms with Gasteiger partial charge in [-0.2, -0.15) is 0 Å². The van der Waals surface area contributed by atoms with Crippen LogP contribution in [-0.4, -0.2) is 57.3 Å². The summed E-state index contributed by atoms with van der Waals surface area (Å²) >= 11 is 0. The highest BCUT2D eigenvalue weighted by Gasteiger charge is 2.23. The van der Waals surface area contributed by atoms with Crippen LogP contribution in [0.2, 0.25) is 0 Å². The van der Waals surface area contributed by atoms with Crippen LogP contribution in [-0.2, 0) is 18.3 Å². The molecule has 2 amide bonds. The smallest absolute Gasteiger partial charge is 0.255 e. The summed E-state index contributed by atoms with van der Waals surface area (Å²) in [6.45, 7) is 2.58. The van der Waals surface area contributed by atoms with Crippen LogP contribution in [0.4, 0.5) is 0 Å². The average Bonchev–Trinajstić information content (AvgIpc) is 3.12. The van der Waals surface area contributed by atoms with E-state index in [1.165, 1.54) is 0 Å². The second-order valence-electron chi connectivity index (χ2n) is 5.96. The van der Waals surface area contributed by atoms with Crippen molar-refractivity contribution < 1.29 is 9.59 Å². The highest BCUT2D eigenvalue weighted by Crippen LogP contribution is 2.11. The summed E-state index contributed by atoms with van der Waals surface area (Å²) in [5.41, 5.74) is 1.63. The fourth-order valence-corrected chi connectivity index (χ4v) is 2.93. The first kappa shape index (κ1) is 15.4. The molecule has 1 saturated heterocycles. The van der Waals surface area contributed by atoms with Gasteiger partial charge in [0.05, 0.1) is 12.0 Å². The minimum atomic E-state index is 0.0456. The molecule has 1 aliphatic rings. The lowest BCUT2D eigenvalue weighted by atomic mass is 10.2. The van der Waals surface area contributed by atoms with E-state index in [-0.39, 0.29) is 11.8 Å². The van der Waals surface area contributed by atoms with Crippen molar-refractivity contribution in [3.05, 3.63) is 48.0 Å². The van der Waals surface area contributed by atoms with E-state index in [0.29, 0.717) is 38.2 Å². The third-order valence-electron chi connectivity index (χ3n) is 4.22. The van der Waals surface area contributed by atoms with Gasteiger partial charge in [0.2, 0.25) is 5.91 Å². The maximum Gasteiger partial charge on any atom is 0.255 e. The Morgan fingerprint density at radius 3 is 2.61 bits per heavy atom. The molecule has 6 heteroatoms. The Hall–Kier alpha value is -2.50. The van der Waals surface area contributed by atoms with Gasteiger partial charge in [-0.15, -0.1) is 0 Å². The molecule has 1 aliphatic heterocycles. The molecule has 0 unspecified atom stereocenters. The fraction of sp³-hybridized carbons (Fsp3) is 0.412. The van der Waals surface area contributed by atoms with Crippen LogP contribution >= 0.6 is 0 Å². The Balaban J connectivity index is 1.58. The Kier molecular flexibility index (Phi) is 4.50. The van der Waals surface area contributed by atoms with Crippen LogP contribution < -0.4 is 0 Å². The van der Waals surface area contributed by atoms with Crippen molar-refractivity contribution in [2.75, 3.05) is 26.2 Å². The monoisotopic (exact) mass is 314 g/mol. The number of amides is 2. The molecule has 23 heavy (non-hydrogen) atoms. The van der Waals surface area contributed by atoms with Gasteiger partial charge in [0.25, 0.3) is 5.91 Å². The van der Waals surface area contributed by atoms with Crippen LogP contribution in [0.25, 0.3) is 0 Å². The highest BCUT2D eigenvalue weighted by molar-refractivity contribution is 5.94. The lowest BCUT2D eigenvalue weighted by Crippen LogP contribution is -2.37. The molecular weight excluding hydrogens is 292 g/mol. The van der Waals surface area contributed by atoms with Crippen LogP contribution in [0.3, 0.4) is 0 Å². The van der Waals surface area contributed by atoms with E-state index in [1.54, 1.807) is 0 Å². The van der Waals surface area contributed by atoms with Crippen molar-refractivity contribution in [2.24, 2.45) is 7.05 Å². The van der Waals surface area contributed by atoms with Crippen LogP contribution in [0.1, 0.15) is 22.5 Å². The van der Waals surface area contributed by atoms with Gasteiger partial charge in [0.1, 0.15) is 0 Å². The predicted molar refractivity (Wildman–Crippen MR) is 87.0 cm³/mol. The maximum atomic E-state index is 12.5. The quantitative estimate of drug-likeness (QED) is 0.927. The van der Waals surface area contributed by atoms with E-state index in [1.807, 2.05) is 58.2 Å². The highest BCUT2D eigenvalue weighted by atomic mass is 16.2. The van der Waals surface area contributed by atoms with Crippen LogP contribution in [0, 0.1) is 0 Å². The molecule has 3 heterocycles. The number of rotatable bonds is 3. The third-order valence-corrected chi connectivity index (χ3v) is 4.22. The zero-order valence-corrected chi connectivity index (χ0v) is 13.4. The Bertz CT molecular complexity index is 675. The molecule has 0 spiro atoms. The molecule has 0 saturated carbocycles. The van der Waals surface area contributed by atoms with Crippen molar-refractivity contribution >= 4 is 11.8 Å². The first-order valence-corrected chi connectivity index (χ1v) is 7.95. The van der Waals surface area contributed by atoms with E-state index < -0.39 is 0 Å². The molecule has 2 aromatic heterocycles. The molecule has 6 nitrogen and oxygen atoms in total. The van der Waals surface area contributed by atoms with Gasteiger partial charge in [0, 0.05) is 57.5 Å². The van der Waals surface area contributed by atoms with Gasteiger partial charge in [0.15, 0.2) is 0 Å². The summed E-state index contributed by atoms with van der Waals surface area (Å²) in [5.74, 6) is 0.158. The topological polar surface area (TPSA) is 61.3 Å². The molecule has 0 aromatic carbocycles. The number of hydrogen-bond donors (Lipinski definition) is 1. The van der Waals surface area contributed by atoms with E-state index in [0.717, 1.165) is 12.1 Å².